The monoisotopic (exact) mass is 290 g/mol. The van der Waals surface area contributed by atoms with Gasteiger partial charge in [0, 0.05) is 45.2 Å². The lowest BCUT2D eigenvalue weighted by molar-refractivity contribution is 0.194. The fourth-order valence-corrected chi connectivity index (χ4v) is 3.26. The Hall–Kier alpha value is -1.10. The molecule has 21 heavy (non-hydrogen) atoms. The predicted octanol–water partition coefficient (Wildman–Crippen LogP) is 1.65. The smallest absolute Gasteiger partial charge is 0.122 e. The minimum atomic E-state index is 0.564. The Morgan fingerprint density at radius 1 is 1.33 bits per heavy atom. The summed E-state index contributed by atoms with van der Waals surface area (Å²) < 4.78 is 11.1. The Morgan fingerprint density at radius 3 is 2.90 bits per heavy atom. The van der Waals surface area contributed by atoms with Gasteiger partial charge in [-0.2, -0.15) is 0 Å². The molecule has 1 aromatic carbocycles. The van der Waals surface area contributed by atoms with Crippen LogP contribution in [0.4, 0.5) is 0 Å². The average Bonchev–Trinajstić information content (AvgIpc) is 3.08. The molecule has 2 aliphatic heterocycles. The molecule has 1 atom stereocenters. The van der Waals surface area contributed by atoms with E-state index in [-0.39, 0.29) is 0 Å². The highest BCUT2D eigenvalue weighted by atomic mass is 16.5. The number of benzene rings is 1. The lowest BCUT2D eigenvalue weighted by Crippen LogP contribution is -2.44. The van der Waals surface area contributed by atoms with Crippen LogP contribution < -0.4 is 10.1 Å². The molecule has 0 bridgehead atoms. The van der Waals surface area contributed by atoms with Crippen molar-refractivity contribution < 1.29 is 9.47 Å². The Morgan fingerprint density at radius 2 is 2.19 bits per heavy atom. The van der Waals surface area contributed by atoms with Crippen molar-refractivity contribution in [2.75, 3.05) is 53.0 Å². The van der Waals surface area contributed by atoms with Gasteiger partial charge in [0.2, 0.25) is 0 Å². The molecule has 0 aliphatic carbocycles. The molecule has 2 heterocycles. The standard InChI is InChI=1S/C17H26N2O2/c1-20-17-3-2-14(16-5-11-21-13-16)12-15(17)4-8-19-9-6-18-7-10-19/h2-3,12,16,18H,4-11,13H2,1H3. The first-order valence-corrected chi connectivity index (χ1v) is 8.04. The quantitative estimate of drug-likeness (QED) is 0.894. The summed E-state index contributed by atoms with van der Waals surface area (Å²) in [5, 5.41) is 3.40. The van der Waals surface area contributed by atoms with E-state index in [0.29, 0.717) is 5.92 Å². The molecule has 0 saturated carbocycles. The van der Waals surface area contributed by atoms with Crippen LogP contribution in [0, 0.1) is 0 Å². The Balaban J connectivity index is 1.67. The van der Waals surface area contributed by atoms with Crippen LogP contribution in [0.25, 0.3) is 0 Å². The van der Waals surface area contributed by atoms with Crippen LogP contribution in [0.3, 0.4) is 0 Å². The molecule has 4 heteroatoms. The van der Waals surface area contributed by atoms with Crippen molar-refractivity contribution in [1.29, 1.82) is 0 Å². The molecule has 116 valence electrons. The molecule has 2 aliphatic rings. The van der Waals surface area contributed by atoms with E-state index in [0.717, 1.165) is 64.5 Å². The van der Waals surface area contributed by atoms with Crippen LogP contribution in [0.5, 0.6) is 5.75 Å². The van der Waals surface area contributed by atoms with E-state index in [1.54, 1.807) is 7.11 Å². The van der Waals surface area contributed by atoms with Gasteiger partial charge in [-0.1, -0.05) is 12.1 Å². The normalized spacial score (nSPS) is 23.4. The van der Waals surface area contributed by atoms with Crippen LogP contribution in [-0.4, -0.2) is 57.9 Å². The first-order chi connectivity index (χ1) is 10.4. The highest BCUT2D eigenvalue weighted by Gasteiger charge is 2.19. The maximum absolute atomic E-state index is 5.54. The number of nitrogens with one attached hydrogen (secondary N) is 1. The van der Waals surface area contributed by atoms with Crippen LogP contribution in [0.15, 0.2) is 18.2 Å². The van der Waals surface area contributed by atoms with Crippen LogP contribution >= 0.6 is 0 Å². The molecule has 0 radical (unpaired) electrons. The number of hydrogen-bond acceptors (Lipinski definition) is 4. The van der Waals surface area contributed by atoms with Crippen LogP contribution in [0.2, 0.25) is 0 Å². The average molecular weight is 290 g/mol. The topological polar surface area (TPSA) is 33.7 Å². The SMILES string of the molecule is COc1ccc(C2CCOC2)cc1CCN1CCNCC1. The first kappa shape index (κ1) is 14.8. The summed E-state index contributed by atoms with van der Waals surface area (Å²) in [6, 6.07) is 6.66. The number of nitrogens with zero attached hydrogens (tertiary/aromatic N) is 1. The van der Waals surface area contributed by atoms with E-state index < -0.39 is 0 Å². The van der Waals surface area contributed by atoms with Gasteiger partial charge in [0.1, 0.15) is 5.75 Å². The van der Waals surface area contributed by atoms with Gasteiger partial charge in [-0.3, -0.25) is 0 Å². The fourth-order valence-electron chi connectivity index (χ4n) is 3.26. The summed E-state index contributed by atoms with van der Waals surface area (Å²) in [4.78, 5) is 2.53. The van der Waals surface area contributed by atoms with Gasteiger partial charge >= 0.3 is 0 Å². The highest BCUT2D eigenvalue weighted by molar-refractivity contribution is 5.39. The highest BCUT2D eigenvalue weighted by Crippen LogP contribution is 2.29. The minimum absolute atomic E-state index is 0.564. The fraction of sp³-hybridized carbons (Fsp3) is 0.647. The molecule has 1 N–H and O–H groups in total. The van der Waals surface area contributed by atoms with Gasteiger partial charge in [0.25, 0.3) is 0 Å². The predicted molar refractivity (Wildman–Crippen MR) is 84.2 cm³/mol. The number of ether oxygens (including phenoxy) is 2. The minimum Gasteiger partial charge on any atom is -0.496 e. The lowest BCUT2D eigenvalue weighted by Gasteiger charge is -2.27. The van der Waals surface area contributed by atoms with Gasteiger partial charge in [-0.15, -0.1) is 0 Å². The third-order valence-electron chi connectivity index (χ3n) is 4.61. The van der Waals surface area contributed by atoms with Crippen molar-refractivity contribution in [2.24, 2.45) is 0 Å². The summed E-state index contributed by atoms with van der Waals surface area (Å²) >= 11 is 0. The van der Waals surface area contributed by atoms with Gasteiger partial charge in [-0.25, -0.2) is 0 Å². The third-order valence-corrected chi connectivity index (χ3v) is 4.61. The Kier molecular flexibility index (Phi) is 5.12. The van der Waals surface area contributed by atoms with E-state index in [1.807, 2.05) is 0 Å². The number of rotatable bonds is 5. The molecule has 0 amide bonds. The zero-order chi connectivity index (χ0) is 14.5. The van der Waals surface area contributed by atoms with Crippen molar-refractivity contribution in [3.8, 4) is 5.75 Å². The van der Waals surface area contributed by atoms with Gasteiger partial charge < -0.3 is 19.7 Å². The molecule has 4 nitrogen and oxygen atoms in total. The van der Waals surface area contributed by atoms with Crippen molar-refractivity contribution in [1.82, 2.24) is 10.2 Å². The van der Waals surface area contributed by atoms with Crippen molar-refractivity contribution in [2.45, 2.75) is 18.8 Å². The molecular formula is C17H26N2O2. The second kappa shape index (κ2) is 7.25. The first-order valence-electron chi connectivity index (χ1n) is 8.04. The van der Waals surface area contributed by atoms with Crippen molar-refractivity contribution >= 4 is 0 Å². The zero-order valence-corrected chi connectivity index (χ0v) is 12.9. The van der Waals surface area contributed by atoms with E-state index >= 15 is 0 Å². The van der Waals surface area contributed by atoms with E-state index in [2.05, 4.69) is 28.4 Å². The largest absolute Gasteiger partial charge is 0.496 e. The molecule has 0 spiro atoms. The maximum atomic E-state index is 5.54. The second-order valence-electron chi connectivity index (χ2n) is 5.97. The summed E-state index contributed by atoms with van der Waals surface area (Å²) in [5.74, 6) is 1.58. The lowest BCUT2D eigenvalue weighted by atomic mass is 9.95. The van der Waals surface area contributed by atoms with Gasteiger partial charge in [0.15, 0.2) is 0 Å². The summed E-state index contributed by atoms with van der Waals surface area (Å²) in [6.07, 6.45) is 2.20. The molecule has 3 rings (SSSR count). The van der Waals surface area contributed by atoms with E-state index in [9.17, 15) is 0 Å². The van der Waals surface area contributed by atoms with Crippen LogP contribution in [-0.2, 0) is 11.2 Å². The number of methoxy groups -OCH3 is 1. The van der Waals surface area contributed by atoms with Crippen molar-refractivity contribution in [3.05, 3.63) is 29.3 Å². The Labute approximate surface area is 127 Å². The molecule has 2 fully saturated rings. The van der Waals surface area contributed by atoms with Gasteiger partial charge in [0.05, 0.1) is 13.7 Å². The zero-order valence-electron chi connectivity index (χ0n) is 12.9. The number of hydrogen-bond donors (Lipinski definition) is 1. The molecule has 1 unspecified atom stereocenters. The van der Waals surface area contributed by atoms with E-state index in [4.69, 9.17) is 9.47 Å². The number of piperazine rings is 1. The molecular weight excluding hydrogens is 264 g/mol. The summed E-state index contributed by atoms with van der Waals surface area (Å²) in [5.41, 5.74) is 2.74. The summed E-state index contributed by atoms with van der Waals surface area (Å²) in [7, 11) is 1.77. The van der Waals surface area contributed by atoms with Crippen LogP contribution in [0.1, 0.15) is 23.5 Å². The maximum Gasteiger partial charge on any atom is 0.122 e. The molecule has 2 saturated heterocycles. The summed E-state index contributed by atoms with van der Waals surface area (Å²) in [6.45, 7) is 7.39. The third kappa shape index (κ3) is 3.76. The second-order valence-corrected chi connectivity index (χ2v) is 5.97. The molecule has 0 aromatic heterocycles. The van der Waals surface area contributed by atoms with Crippen molar-refractivity contribution in [3.63, 3.8) is 0 Å². The molecule has 1 aromatic rings. The van der Waals surface area contributed by atoms with Gasteiger partial charge in [-0.05, 0) is 30.0 Å². The van der Waals surface area contributed by atoms with E-state index in [1.165, 1.54) is 11.1 Å². The Bertz CT molecular complexity index is 452.